The van der Waals surface area contributed by atoms with Crippen LogP contribution in [0.25, 0.3) is 0 Å². The van der Waals surface area contributed by atoms with Crippen molar-refractivity contribution in [1.29, 1.82) is 5.26 Å². The topological polar surface area (TPSA) is 62.1 Å². The second-order valence-electron chi connectivity index (χ2n) is 3.19. The maximum atomic E-state index is 11.2. The lowest BCUT2D eigenvalue weighted by Crippen LogP contribution is -2.32. The van der Waals surface area contributed by atoms with Crippen molar-refractivity contribution in [2.45, 2.75) is 39.2 Å². The Hall–Kier alpha value is -1.08. The van der Waals surface area contributed by atoms with Gasteiger partial charge < -0.3 is 10.1 Å². The first-order valence-electron chi connectivity index (χ1n) is 4.94. The number of amides is 1. The normalized spacial score (nSPS) is 11.8. The monoisotopic (exact) mass is 198 g/mol. The van der Waals surface area contributed by atoms with Gasteiger partial charge in [0.1, 0.15) is 0 Å². The molecule has 0 fully saturated rings. The van der Waals surface area contributed by atoms with Crippen molar-refractivity contribution >= 4 is 5.91 Å². The molecule has 14 heavy (non-hydrogen) atoms. The fraction of sp³-hybridized carbons (Fsp3) is 0.800. The maximum Gasteiger partial charge on any atom is 0.222 e. The standard InChI is InChI=1S/C10H18N2O2/c1-3-7-14-8-5-10(13)12-9(2)4-6-11/h9H,3-5,7-8H2,1-2H3,(H,12,13). The first kappa shape index (κ1) is 12.9. The number of ether oxygens (including phenoxy) is 1. The molecule has 4 heteroatoms. The number of hydrogen-bond donors (Lipinski definition) is 1. The molecule has 1 unspecified atom stereocenters. The van der Waals surface area contributed by atoms with Gasteiger partial charge in [-0.25, -0.2) is 0 Å². The summed E-state index contributed by atoms with van der Waals surface area (Å²) >= 11 is 0. The zero-order chi connectivity index (χ0) is 10.8. The molecule has 0 radical (unpaired) electrons. The van der Waals surface area contributed by atoms with Crippen molar-refractivity contribution in [3.8, 4) is 6.07 Å². The Morgan fingerprint density at radius 1 is 1.57 bits per heavy atom. The minimum atomic E-state index is -0.0707. The van der Waals surface area contributed by atoms with Crippen molar-refractivity contribution in [2.24, 2.45) is 0 Å². The molecule has 0 bridgehead atoms. The number of nitrogens with one attached hydrogen (secondary N) is 1. The van der Waals surface area contributed by atoms with E-state index in [1.165, 1.54) is 0 Å². The number of carbonyl (C=O) groups excluding carboxylic acids is 1. The summed E-state index contributed by atoms with van der Waals surface area (Å²) < 4.78 is 5.17. The summed E-state index contributed by atoms with van der Waals surface area (Å²) in [5.74, 6) is -0.0520. The SMILES string of the molecule is CCCOCCC(=O)NC(C)CC#N. The molecule has 0 rings (SSSR count). The number of rotatable bonds is 7. The fourth-order valence-electron chi connectivity index (χ4n) is 0.946. The van der Waals surface area contributed by atoms with E-state index in [-0.39, 0.29) is 11.9 Å². The van der Waals surface area contributed by atoms with Crippen LogP contribution < -0.4 is 5.32 Å². The van der Waals surface area contributed by atoms with Gasteiger partial charge in [0, 0.05) is 19.1 Å². The van der Waals surface area contributed by atoms with Gasteiger partial charge >= 0.3 is 0 Å². The molecule has 80 valence electrons. The Labute approximate surface area is 85.2 Å². The van der Waals surface area contributed by atoms with E-state index in [0.29, 0.717) is 26.1 Å². The Morgan fingerprint density at radius 2 is 2.29 bits per heavy atom. The molecule has 0 aliphatic heterocycles. The van der Waals surface area contributed by atoms with Gasteiger partial charge in [0.2, 0.25) is 5.91 Å². The van der Waals surface area contributed by atoms with Crippen molar-refractivity contribution in [3.05, 3.63) is 0 Å². The summed E-state index contributed by atoms with van der Waals surface area (Å²) in [6.45, 7) is 4.99. The lowest BCUT2D eigenvalue weighted by atomic mass is 10.2. The van der Waals surface area contributed by atoms with Crippen LogP contribution in [0.4, 0.5) is 0 Å². The molecule has 0 aliphatic rings. The molecular formula is C10H18N2O2. The van der Waals surface area contributed by atoms with Crippen LogP contribution in [0.2, 0.25) is 0 Å². The highest BCUT2D eigenvalue weighted by atomic mass is 16.5. The molecule has 0 aromatic carbocycles. The second kappa shape index (κ2) is 8.52. The molecule has 4 nitrogen and oxygen atoms in total. The molecular weight excluding hydrogens is 180 g/mol. The van der Waals surface area contributed by atoms with Crippen LogP contribution in [0.5, 0.6) is 0 Å². The van der Waals surface area contributed by atoms with E-state index in [9.17, 15) is 4.79 Å². The smallest absolute Gasteiger partial charge is 0.222 e. The summed E-state index contributed by atoms with van der Waals surface area (Å²) in [6, 6.07) is 1.93. The molecule has 1 N–H and O–H groups in total. The predicted octanol–water partition coefficient (Wildman–Crippen LogP) is 1.22. The summed E-state index contributed by atoms with van der Waals surface area (Å²) in [4.78, 5) is 11.2. The van der Waals surface area contributed by atoms with Crippen molar-refractivity contribution in [1.82, 2.24) is 5.32 Å². The molecule has 1 atom stereocenters. The Kier molecular flexibility index (Phi) is 7.86. The molecule has 1 amide bonds. The Morgan fingerprint density at radius 3 is 2.86 bits per heavy atom. The van der Waals surface area contributed by atoms with E-state index in [2.05, 4.69) is 5.32 Å². The van der Waals surface area contributed by atoms with Crippen molar-refractivity contribution < 1.29 is 9.53 Å². The maximum absolute atomic E-state index is 11.2. The van der Waals surface area contributed by atoms with Crippen LogP contribution in [-0.2, 0) is 9.53 Å². The van der Waals surface area contributed by atoms with Gasteiger partial charge in [-0.3, -0.25) is 4.79 Å². The fourth-order valence-corrected chi connectivity index (χ4v) is 0.946. The Balaban J connectivity index is 3.41. The van der Waals surface area contributed by atoms with Crippen molar-refractivity contribution in [2.75, 3.05) is 13.2 Å². The highest BCUT2D eigenvalue weighted by molar-refractivity contribution is 5.76. The zero-order valence-electron chi connectivity index (χ0n) is 8.88. The summed E-state index contributed by atoms with van der Waals surface area (Å²) in [5.41, 5.74) is 0. The van der Waals surface area contributed by atoms with Gasteiger partial charge in [0.05, 0.1) is 19.1 Å². The third kappa shape index (κ3) is 7.56. The summed E-state index contributed by atoms with van der Waals surface area (Å²) in [7, 11) is 0. The van der Waals surface area contributed by atoms with Gasteiger partial charge in [0.15, 0.2) is 0 Å². The molecule has 0 aliphatic carbocycles. The molecule has 0 spiro atoms. The zero-order valence-corrected chi connectivity index (χ0v) is 8.88. The third-order valence-corrected chi connectivity index (χ3v) is 1.63. The molecule has 0 heterocycles. The lowest BCUT2D eigenvalue weighted by molar-refractivity contribution is -0.122. The van der Waals surface area contributed by atoms with E-state index in [4.69, 9.17) is 10.00 Å². The first-order valence-corrected chi connectivity index (χ1v) is 4.94. The van der Waals surface area contributed by atoms with Crippen LogP contribution in [0.3, 0.4) is 0 Å². The van der Waals surface area contributed by atoms with Crippen molar-refractivity contribution in [3.63, 3.8) is 0 Å². The lowest BCUT2D eigenvalue weighted by Gasteiger charge is -2.09. The minimum Gasteiger partial charge on any atom is -0.381 e. The van der Waals surface area contributed by atoms with E-state index < -0.39 is 0 Å². The van der Waals surface area contributed by atoms with Gasteiger partial charge in [-0.05, 0) is 13.3 Å². The van der Waals surface area contributed by atoms with E-state index in [1.807, 2.05) is 19.9 Å². The van der Waals surface area contributed by atoms with Crippen LogP contribution in [0.15, 0.2) is 0 Å². The first-order chi connectivity index (χ1) is 6.70. The average Bonchev–Trinajstić information content (AvgIpc) is 2.13. The summed E-state index contributed by atoms with van der Waals surface area (Å²) in [5, 5.41) is 11.1. The van der Waals surface area contributed by atoms with Crippen LogP contribution in [0.1, 0.15) is 33.1 Å². The predicted molar refractivity (Wildman–Crippen MR) is 53.6 cm³/mol. The summed E-state index contributed by atoms with van der Waals surface area (Å²) in [6.07, 6.45) is 1.68. The molecule has 0 saturated carbocycles. The van der Waals surface area contributed by atoms with E-state index >= 15 is 0 Å². The Bertz CT molecular complexity index is 199. The van der Waals surface area contributed by atoms with E-state index in [0.717, 1.165) is 6.42 Å². The van der Waals surface area contributed by atoms with Gasteiger partial charge in [0.25, 0.3) is 0 Å². The quantitative estimate of drug-likeness (QED) is 0.626. The molecule has 0 aromatic heterocycles. The number of nitrogens with zero attached hydrogens (tertiary/aromatic N) is 1. The highest BCUT2D eigenvalue weighted by Crippen LogP contribution is 1.91. The number of nitriles is 1. The van der Waals surface area contributed by atoms with Crippen LogP contribution >= 0.6 is 0 Å². The number of carbonyl (C=O) groups is 1. The molecule has 0 saturated heterocycles. The number of hydrogen-bond acceptors (Lipinski definition) is 3. The highest BCUT2D eigenvalue weighted by Gasteiger charge is 2.05. The third-order valence-electron chi connectivity index (χ3n) is 1.63. The average molecular weight is 198 g/mol. The van der Waals surface area contributed by atoms with Crippen LogP contribution in [-0.4, -0.2) is 25.2 Å². The molecule has 0 aromatic rings. The second-order valence-corrected chi connectivity index (χ2v) is 3.19. The van der Waals surface area contributed by atoms with Crippen LogP contribution in [0, 0.1) is 11.3 Å². The van der Waals surface area contributed by atoms with Gasteiger partial charge in [-0.1, -0.05) is 6.92 Å². The minimum absolute atomic E-state index is 0.0520. The van der Waals surface area contributed by atoms with Gasteiger partial charge in [-0.15, -0.1) is 0 Å². The largest absolute Gasteiger partial charge is 0.381 e. The van der Waals surface area contributed by atoms with Gasteiger partial charge in [-0.2, -0.15) is 5.26 Å². The van der Waals surface area contributed by atoms with E-state index in [1.54, 1.807) is 0 Å².